The Labute approximate surface area is 99.5 Å². The third-order valence-electron chi connectivity index (χ3n) is 2.40. The Morgan fingerprint density at radius 3 is 2.88 bits per heavy atom. The molecule has 88 valence electrons. The van der Waals surface area contributed by atoms with E-state index in [2.05, 4.69) is 15.4 Å². The molecule has 1 amide bonds. The van der Waals surface area contributed by atoms with Crippen molar-refractivity contribution in [3.8, 4) is 0 Å². The third-order valence-corrected chi connectivity index (χ3v) is 2.40. The highest BCUT2D eigenvalue weighted by molar-refractivity contribution is 6.02. The number of carbonyl (C=O) groups is 1. The number of amides is 1. The van der Waals surface area contributed by atoms with Crippen LogP contribution in [0.2, 0.25) is 0 Å². The van der Waals surface area contributed by atoms with Crippen LogP contribution in [0.15, 0.2) is 30.6 Å². The van der Waals surface area contributed by atoms with Crippen LogP contribution in [0.4, 0.5) is 5.82 Å². The summed E-state index contributed by atoms with van der Waals surface area (Å²) in [5.41, 5.74) is 1.59. The smallest absolute Gasteiger partial charge is 0.275 e. The van der Waals surface area contributed by atoms with E-state index in [0.29, 0.717) is 18.1 Å². The number of rotatable bonds is 3. The van der Waals surface area contributed by atoms with Crippen molar-refractivity contribution in [2.45, 2.75) is 20.4 Å². The molecule has 17 heavy (non-hydrogen) atoms. The SMILES string of the molecule is CCn1nccc1C(=O)Nc1ccc(C)cn1. The second-order valence-corrected chi connectivity index (χ2v) is 3.71. The molecule has 0 saturated carbocycles. The highest BCUT2D eigenvalue weighted by Crippen LogP contribution is 2.07. The fraction of sp³-hybridized carbons (Fsp3) is 0.250. The van der Waals surface area contributed by atoms with E-state index in [4.69, 9.17) is 0 Å². The van der Waals surface area contributed by atoms with E-state index in [0.717, 1.165) is 5.56 Å². The van der Waals surface area contributed by atoms with Crippen LogP contribution in [0.5, 0.6) is 0 Å². The zero-order chi connectivity index (χ0) is 12.3. The molecule has 0 aromatic carbocycles. The summed E-state index contributed by atoms with van der Waals surface area (Å²) in [5, 5.41) is 6.78. The van der Waals surface area contributed by atoms with Crippen molar-refractivity contribution in [2.75, 3.05) is 5.32 Å². The highest BCUT2D eigenvalue weighted by atomic mass is 16.2. The molecule has 5 nitrogen and oxygen atoms in total. The fourth-order valence-electron chi connectivity index (χ4n) is 1.50. The summed E-state index contributed by atoms with van der Waals surface area (Å²) in [5.74, 6) is 0.352. The Morgan fingerprint density at radius 1 is 1.41 bits per heavy atom. The number of nitrogens with zero attached hydrogens (tertiary/aromatic N) is 3. The predicted octanol–water partition coefficient (Wildman–Crippen LogP) is 1.86. The van der Waals surface area contributed by atoms with Crippen molar-refractivity contribution in [1.29, 1.82) is 0 Å². The predicted molar refractivity (Wildman–Crippen MR) is 64.8 cm³/mol. The lowest BCUT2D eigenvalue weighted by Crippen LogP contribution is -2.17. The Morgan fingerprint density at radius 2 is 2.24 bits per heavy atom. The molecule has 2 aromatic rings. The van der Waals surface area contributed by atoms with Gasteiger partial charge in [-0.3, -0.25) is 9.48 Å². The third kappa shape index (κ3) is 2.50. The maximum atomic E-state index is 11.9. The van der Waals surface area contributed by atoms with Crippen LogP contribution in [-0.4, -0.2) is 20.7 Å². The van der Waals surface area contributed by atoms with Gasteiger partial charge in [0.15, 0.2) is 0 Å². The van der Waals surface area contributed by atoms with Gasteiger partial charge < -0.3 is 5.32 Å². The lowest BCUT2D eigenvalue weighted by molar-refractivity contribution is 0.101. The lowest BCUT2D eigenvalue weighted by Gasteiger charge is -2.05. The first-order valence-corrected chi connectivity index (χ1v) is 5.46. The van der Waals surface area contributed by atoms with E-state index >= 15 is 0 Å². The average Bonchev–Trinajstić information content (AvgIpc) is 2.80. The largest absolute Gasteiger partial charge is 0.305 e. The molecular formula is C12H14N4O. The van der Waals surface area contributed by atoms with Gasteiger partial charge in [0.25, 0.3) is 5.91 Å². The normalized spacial score (nSPS) is 10.2. The molecule has 0 aliphatic carbocycles. The van der Waals surface area contributed by atoms with Gasteiger partial charge in [-0.1, -0.05) is 6.07 Å². The van der Waals surface area contributed by atoms with Gasteiger partial charge in [0, 0.05) is 18.9 Å². The van der Waals surface area contributed by atoms with E-state index in [1.807, 2.05) is 19.9 Å². The minimum atomic E-state index is -0.194. The fourth-order valence-corrected chi connectivity index (χ4v) is 1.50. The molecule has 2 aromatic heterocycles. The maximum Gasteiger partial charge on any atom is 0.275 e. The number of hydrogen-bond acceptors (Lipinski definition) is 3. The molecule has 2 rings (SSSR count). The van der Waals surface area contributed by atoms with Crippen molar-refractivity contribution in [2.24, 2.45) is 0 Å². The van der Waals surface area contributed by atoms with Gasteiger partial charge in [0.1, 0.15) is 11.5 Å². The molecular weight excluding hydrogens is 216 g/mol. The first-order valence-electron chi connectivity index (χ1n) is 5.46. The molecule has 0 fully saturated rings. The van der Waals surface area contributed by atoms with Gasteiger partial charge in [-0.2, -0.15) is 5.10 Å². The molecule has 5 heteroatoms. The second kappa shape index (κ2) is 4.78. The summed E-state index contributed by atoms with van der Waals surface area (Å²) in [6, 6.07) is 5.37. The minimum absolute atomic E-state index is 0.194. The number of aryl methyl sites for hydroxylation is 2. The van der Waals surface area contributed by atoms with Gasteiger partial charge in [-0.25, -0.2) is 4.98 Å². The van der Waals surface area contributed by atoms with Crippen molar-refractivity contribution in [3.05, 3.63) is 41.9 Å². The molecule has 0 unspecified atom stereocenters. The molecule has 0 radical (unpaired) electrons. The Balaban J connectivity index is 2.14. The van der Waals surface area contributed by atoms with Crippen LogP contribution < -0.4 is 5.32 Å². The first-order chi connectivity index (χ1) is 8.20. The van der Waals surface area contributed by atoms with Crippen LogP contribution in [0.3, 0.4) is 0 Å². The van der Waals surface area contributed by atoms with Gasteiger partial charge in [-0.15, -0.1) is 0 Å². The Bertz CT molecular complexity index is 516. The number of carbonyl (C=O) groups excluding carboxylic acids is 1. The molecule has 0 saturated heterocycles. The van der Waals surface area contributed by atoms with Crippen LogP contribution in [0, 0.1) is 6.92 Å². The van der Waals surface area contributed by atoms with Gasteiger partial charge in [0.05, 0.1) is 0 Å². The van der Waals surface area contributed by atoms with Crippen LogP contribution in [0.25, 0.3) is 0 Å². The van der Waals surface area contributed by atoms with Crippen molar-refractivity contribution < 1.29 is 4.79 Å². The summed E-state index contributed by atoms with van der Waals surface area (Å²) in [6.07, 6.45) is 3.33. The first kappa shape index (κ1) is 11.3. The number of anilines is 1. The molecule has 0 aliphatic rings. The van der Waals surface area contributed by atoms with Gasteiger partial charge >= 0.3 is 0 Å². The Hall–Kier alpha value is -2.17. The summed E-state index contributed by atoms with van der Waals surface area (Å²) < 4.78 is 1.64. The van der Waals surface area contributed by atoms with Crippen LogP contribution >= 0.6 is 0 Å². The van der Waals surface area contributed by atoms with E-state index in [9.17, 15) is 4.79 Å². The maximum absolute atomic E-state index is 11.9. The summed E-state index contributed by atoms with van der Waals surface area (Å²) in [6.45, 7) is 4.55. The number of pyridine rings is 1. The van der Waals surface area contributed by atoms with E-state index in [1.165, 1.54) is 0 Å². The van der Waals surface area contributed by atoms with Crippen molar-refractivity contribution in [3.63, 3.8) is 0 Å². The van der Waals surface area contributed by atoms with Crippen LogP contribution in [-0.2, 0) is 6.54 Å². The van der Waals surface area contributed by atoms with Crippen LogP contribution in [0.1, 0.15) is 23.0 Å². The zero-order valence-electron chi connectivity index (χ0n) is 9.84. The topological polar surface area (TPSA) is 59.8 Å². The lowest BCUT2D eigenvalue weighted by atomic mass is 10.3. The number of aromatic nitrogens is 3. The second-order valence-electron chi connectivity index (χ2n) is 3.71. The summed E-state index contributed by atoms with van der Waals surface area (Å²) in [4.78, 5) is 16.0. The molecule has 0 atom stereocenters. The van der Waals surface area contributed by atoms with Gasteiger partial charge in [-0.05, 0) is 31.5 Å². The zero-order valence-corrected chi connectivity index (χ0v) is 9.84. The van der Waals surface area contributed by atoms with Crippen molar-refractivity contribution in [1.82, 2.24) is 14.8 Å². The standard InChI is InChI=1S/C12H14N4O/c1-3-16-10(6-7-14-16)12(17)15-11-5-4-9(2)8-13-11/h4-8H,3H2,1-2H3,(H,13,15,17). The highest BCUT2D eigenvalue weighted by Gasteiger charge is 2.11. The van der Waals surface area contributed by atoms with Gasteiger partial charge in [0.2, 0.25) is 0 Å². The quantitative estimate of drug-likeness (QED) is 0.875. The van der Waals surface area contributed by atoms with Crippen molar-refractivity contribution >= 4 is 11.7 Å². The Kier molecular flexibility index (Phi) is 3.18. The molecule has 0 bridgehead atoms. The minimum Gasteiger partial charge on any atom is -0.305 e. The molecule has 2 heterocycles. The monoisotopic (exact) mass is 230 g/mol. The number of nitrogens with one attached hydrogen (secondary N) is 1. The molecule has 0 spiro atoms. The average molecular weight is 230 g/mol. The van der Waals surface area contributed by atoms with E-state index in [-0.39, 0.29) is 5.91 Å². The summed E-state index contributed by atoms with van der Waals surface area (Å²) in [7, 11) is 0. The number of hydrogen-bond donors (Lipinski definition) is 1. The molecule has 1 N–H and O–H groups in total. The summed E-state index contributed by atoms with van der Waals surface area (Å²) >= 11 is 0. The molecule has 0 aliphatic heterocycles. The van der Waals surface area contributed by atoms with E-state index in [1.54, 1.807) is 29.2 Å². The van der Waals surface area contributed by atoms with E-state index < -0.39 is 0 Å².